The number of hydrogen-bond donors (Lipinski definition) is 3. The first-order valence-corrected chi connectivity index (χ1v) is 5.84. The maximum absolute atomic E-state index is 11.7. The van der Waals surface area contributed by atoms with Crippen LogP contribution in [0.4, 0.5) is 11.4 Å². The van der Waals surface area contributed by atoms with E-state index in [-0.39, 0.29) is 17.7 Å². The molecule has 4 N–H and O–H groups in total. The smallest absolute Gasteiger partial charge is 0.241 e. The Morgan fingerprint density at radius 2 is 1.50 bits per heavy atom. The van der Waals surface area contributed by atoms with Crippen molar-refractivity contribution < 1.29 is 9.59 Å². The summed E-state index contributed by atoms with van der Waals surface area (Å²) in [5.74, 6) is -0.255. The standard InChI is InChI=1S/C13H19N3O2/c1-8(2)12(14)13(18)16-11-6-4-10(5-7-11)15-9(3)17/h4-8,12H,14H2,1-3H3,(H,15,17)(H,16,18)/t12-/m0/s1. The molecule has 0 saturated carbocycles. The van der Waals surface area contributed by atoms with Gasteiger partial charge in [-0.3, -0.25) is 9.59 Å². The van der Waals surface area contributed by atoms with Gasteiger partial charge in [-0.25, -0.2) is 0 Å². The average molecular weight is 249 g/mol. The van der Waals surface area contributed by atoms with Gasteiger partial charge >= 0.3 is 0 Å². The van der Waals surface area contributed by atoms with Crippen LogP contribution in [0, 0.1) is 5.92 Å². The normalized spacial score (nSPS) is 12.1. The summed E-state index contributed by atoms with van der Waals surface area (Å²) < 4.78 is 0. The van der Waals surface area contributed by atoms with Crippen molar-refractivity contribution in [3.63, 3.8) is 0 Å². The third-order valence-corrected chi connectivity index (χ3v) is 2.49. The predicted octanol–water partition coefficient (Wildman–Crippen LogP) is 1.57. The maximum Gasteiger partial charge on any atom is 0.241 e. The van der Waals surface area contributed by atoms with E-state index in [1.54, 1.807) is 24.3 Å². The highest BCUT2D eigenvalue weighted by molar-refractivity contribution is 5.95. The fraction of sp³-hybridized carbons (Fsp3) is 0.385. The molecule has 1 aromatic carbocycles. The molecule has 0 bridgehead atoms. The molecular formula is C13H19N3O2. The Morgan fingerprint density at radius 1 is 1.06 bits per heavy atom. The molecule has 0 aliphatic heterocycles. The van der Waals surface area contributed by atoms with Crippen LogP contribution in [0.3, 0.4) is 0 Å². The van der Waals surface area contributed by atoms with Crippen LogP contribution >= 0.6 is 0 Å². The van der Waals surface area contributed by atoms with Crippen LogP contribution in [0.1, 0.15) is 20.8 Å². The van der Waals surface area contributed by atoms with Gasteiger partial charge in [0, 0.05) is 18.3 Å². The van der Waals surface area contributed by atoms with Crippen molar-refractivity contribution in [2.45, 2.75) is 26.8 Å². The van der Waals surface area contributed by atoms with Gasteiger partial charge in [0.2, 0.25) is 11.8 Å². The van der Waals surface area contributed by atoms with E-state index < -0.39 is 6.04 Å². The van der Waals surface area contributed by atoms with Gasteiger partial charge in [0.05, 0.1) is 6.04 Å². The molecule has 0 aliphatic rings. The van der Waals surface area contributed by atoms with Gasteiger partial charge < -0.3 is 16.4 Å². The second kappa shape index (κ2) is 6.16. The lowest BCUT2D eigenvalue weighted by atomic mass is 10.0. The van der Waals surface area contributed by atoms with Gasteiger partial charge in [-0.15, -0.1) is 0 Å². The fourth-order valence-corrected chi connectivity index (χ4v) is 1.37. The molecule has 1 atom stereocenters. The van der Waals surface area contributed by atoms with Gasteiger partial charge in [0.1, 0.15) is 0 Å². The van der Waals surface area contributed by atoms with Gasteiger partial charge in [-0.05, 0) is 30.2 Å². The Hall–Kier alpha value is -1.88. The highest BCUT2D eigenvalue weighted by atomic mass is 16.2. The summed E-state index contributed by atoms with van der Waals surface area (Å²) in [4.78, 5) is 22.6. The van der Waals surface area contributed by atoms with E-state index in [2.05, 4.69) is 10.6 Å². The van der Waals surface area contributed by atoms with E-state index in [9.17, 15) is 9.59 Å². The lowest BCUT2D eigenvalue weighted by Crippen LogP contribution is -2.39. The van der Waals surface area contributed by atoms with Crippen molar-refractivity contribution in [3.8, 4) is 0 Å². The molecule has 98 valence electrons. The Kier molecular flexibility index (Phi) is 4.85. The fourth-order valence-electron chi connectivity index (χ4n) is 1.37. The number of carbonyl (C=O) groups excluding carboxylic acids is 2. The Balaban J connectivity index is 2.63. The molecule has 0 aliphatic carbocycles. The molecule has 0 spiro atoms. The summed E-state index contributed by atoms with van der Waals surface area (Å²) in [5, 5.41) is 5.38. The maximum atomic E-state index is 11.7. The minimum absolute atomic E-state index is 0.0867. The summed E-state index contributed by atoms with van der Waals surface area (Å²) in [6.07, 6.45) is 0. The van der Waals surface area contributed by atoms with E-state index in [1.807, 2.05) is 13.8 Å². The molecule has 0 unspecified atom stereocenters. The van der Waals surface area contributed by atoms with Crippen molar-refractivity contribution in [1.29, 1.82) is 0 Å². The zero-order valence-electron chi connectivity index (χ0n) is 10.9. The van der Waals surface area contributed by atoms with Crippen LogP contribution in [0.2, 0.25) is 0 Å². The zero-order chi connectivity index (χ0) is 13.7. The third kappa shape index (κ3) is 4.18. The summed E-state index contributed by atoms with van der Waals surface area (Å²) >= 11 is 0. The molecule has 5 nitrogen and oxygen atoms in total. The number of nitrogens with one attached hydrogen (secondary N) is 2. The van der Waals surface area contributed by atoms with Crippen LogP contribution in [0.25, 0.3) is 0 Å². The van der Waals surface area contributed by atoms with Crippen LogP contribution in [-0.4, -0.2) is 17.9 Å². The van der Waals surface area contributed by atoms with Crippen LogP contribution in [0.15, 0.2) is 24.3 Å². The summed E-state index contributed by atoms with van der Waals surface area (Å²) in [7, 11) is 0. The van der Waals surface area contributed by atoms with E-state index >= 15 is 0 Å². The SMILES string of the molecule is CC(=O)Nc1ccc(NC(=O)[C@@H](N)C(C)C)cc1. The highest BCUT2D eigenvalue weighted by Crippen LogP contribution is 2.14. The van der Waals surface area contributed by atoms with Crippen molar-refractivity contribution in [2.75, 3.05) is 10.6 Å². The molecule has 0 radical (unpaired) electrons. The average Bonchev–Trinajstić information content (AvgIpc) is 2.29. The molecule has 0 saturated heterocycles. The molecule has 1 aromatic rings. The van der Waals surface area contributed by atoms with E-state index in [0.29, 0.717) is 11.4 Å². The molecule has 5 heteroatoms. The van der Waals surface area contributed by atoms with Gasteiger partial charge in [0.25, 0.3) is 0 Å². The van der Waals surface area contributed by atoms with Crippen molar-refractivity contribution in [2.24, 2.45) is 11.7 Å². The quantitative estimate of drug-likeness (QED) is 0.757. The number of nitrogens with two attached hydrogens (primary N) is 1. The number of anilines is 2. The largest absolute Gasteiger partial charge is 0.326 e. The van der Waals surface area contributed by atoms with E-state index in [1.165, 1.54) is 6.92 Å². The lowest BCUT2D eigenvalue weighted by molar-refractivity contribution is -0.118. The first kappa shape index (κ1) is 14.2. The summed E-state index contributed by atoms with van der Waals surface area (Å²) in [6.45, 7) is 5.23. The topological polar surface area (TPSA) is 84.2 Å². The summed E-state index contributed by atoms with van der Waals surface area (Å²) in [6, 6.07) is 6.35. The minimum atomic E-state index is -0.528. The second-order valence-corrected chi connectivity index (χ2v) is 4.52. The number of carbonyl (C=O) groups is 2. The Bertz CT molecular complexity index is 426. The third-order valence-electron chi connectivity index (χ3n) is 2.49. The van der Waals surface area contributed by atoms with Crippen molar-refractivity contribution in [1.82, 2.24) is 0 Å². The van der Waals surface area contributed by atoms with Crippen molar-refractivity contribution >= 4 is 23.2 Å². The zero-order valence-corrected chi connectivity index (χ0v) is 10.9. The van der Waals surface area contributed by atoms with Gasteiger partial charge in [-0.1, -0.05) is 13.8 Å². The predicted molar refractivity (Wildman–Crippen MR) is 72.2 cm³/mol. The summed E-state index contributed by atoms with van der Waals surface area (Å²) in [5.41, 5.74) is 7.08. The van der Waals surface area contributed by atoms with Crippen LogP contribution in [0.5, 0.6) is 0 Å². The molecule has 2 amide bonds. The molecule has 0 aromatic heterocycles. The highest BCUT2D eigenvalue weighted by Gasteiger charge is 2.16. The van der Waals surface area contributed by atoms with Crippen LogP contribution in [-0.2, 0) is 9.59 Å². The van der Waals surface area contributed by atoms with Gasteiger partial charge in [-0.2, -0.15) is 0 Å². The number of amides is 2. The number of benzene rings is 1. The molecule has 0 fully saturated rings. The molecule has 1 rings (SSSR count). The Morgan fingerprint density at radius 3 is 1.89 bits per heavy atom. The van der Waals surface area contributed by atoms with Crippen molar-refractivity contribution in [3.05, 3.63) is 24.3 Å². The molecule has 18 heavy (non-hydrogen) atoms. The monoisotopic (exact) mass is 249 g/mol. The minimum Gasteiger partial charge on any atom is -0.326 e. The van der Waals surface area contributed by atoms with Crippen LogP contribution < -0.4 is 16.4 Å². The first-order chi connectivity index (χ1) is 8.40. The first-order valence-electron chi connectivity index (χ1n) is 5.84. The van der Waals surface area contributed by atoms with E-state index in [0.717, 1.165) is 0 Å². The lowest BCUT2D eigenvalue weighted by Gasteiger charge is -2.15. The second-order valence-electron chi connectivity index (χ2n) is 4.52. The Labute approximate surface area is 107 Å². The van der Waals surface area contributed by atoms with E-state index in [4.69, 9.17) is 5.73 Å². The number of hydrogen-bond acceptors (Lipinski definition) is 3. The van der Waals surface area contributed by atoms with Gasteiger partial charge in [0.15, 0.2) is 0 Å². The number of rotatable bonds is 4. The molecule has 0 heterocycles. The molecular weight excluding hydrogens is 230 g/mol.